The number of aliphatic hydroxyl groups excluding tert-OH is 2. The van der Waals surface area contributed by atoms with E-state index >= 15 is 0 Å². The molecule has 0 aromatic heterocycles. The Hall–Kier alpha value is -3.06. The minimum absolute atomic E-state index is 0.0267. The summed E-state index contributed by atoms with van der Waals surface area (Å²) in [6.07, 6.45) is -0.787. The predicted octanol–water partition coefficient (Wildman–Crippen LogP) is 2.88. The van der Waals surface area contributed by atoms with Gasteiger partial charge in [0.25, 0.3) is 0 Å². The summed E-state index contributed by atoms with van der Waals surface area (Å²) in [4.78, 5) is 57.6. The molecule has 1 heterocycles. The second-order valence-corrected chi connectivity index (χ2v) is 14.8. The van der Waals surface area contributed by atoms with Gasteiger partial charge in [-0.05, 0) is 50.1 Å². The second-order valence-electron chi connectivity index (χ2n) is 14.8. The van der Waals surface area contributed by atoms with Gasteiger partial charge in [0.2, 0.25) is 23.6 Å². The van der Waals surface area contributed by atoms with Crippen molar-refractivity contribution in [2.45, 2.75) is 130 Å². The molecule has 4 amide bonds. The minimum atomic E-state index is -1.12. The van der Waals surface area contributed by atoms with E-state index in [0.717, 1.165) is 6.42 Å². The number of hydrogen-bond donors (Lipinski definition) is 5. The molecule has 0 spiro atoms. The van der Waals surface area contributed by atoms with E-state index in [1.807, 2.05) is 59.7 Å². The predicted molar refractivity (Wildman–Crippen MR) is 195 cm³/mol. The van der Waals surface area contributed by atoms with E-state index in [1.54, 1.807) is 49.9 Å². The zero-order valence-electron chi connectivity index (χ0n) is 32.2. The van der Waals surface area contributed by atoms with E-state index in [1.165, 1.54) is 7.11 Å². The van der Waals surface area contributed by atoms with Gasteiger partial charge in [-0.3, -0.25) is 19.2 Å². The van der Waals surface area contributed by atoms with E-state index in [2.05, 4.69) is 16.0 Å². The molecule has 50 heavy (non-hydrogen) atoms. The molecule has 2 rings (SSSR count). The van der Waals surface area contributed by atoms with Gasteiger partial charge in [-0.25, -0.2) is 0 Å². The molecule has 1 saturated heterocycles. The topological polar surface area (TPSA) is 161 Å². The van der Waals surface area contributed by atoms with Crippen LogP contribution in [0.4, 0.5) is 0 Å². The highest BCUT2D eigenvalue weighted by molar-refractivity contribution is 5.90. The van der Waals surface area contributed by atoms with Gasteiger partial charge in [0.15, 0.2) is 0 Å². The van der Waals surface area contributed by atoms with Gasteiger partial charge in [0, 0.05) is 20.7 Å². The molecule has 1 aliphatic rings. The van der Waals surface area contributed by atoms with Crippen LogP contribution in [-0.4, -0.2) is 114 Å². The molecule has 1 aliphatic heterocycles. The van der Waals surface area contributed by atoms with Crippen LogP contribution in [-0.2, 0) is 23.9 Å². The van der Waals surface area contributed by atoms with Gasteiger partial charge in [-0.15, -0.1) is 0 Å². The maximum Gasteiger partial charge on any atom is 0.245 e. The molecule has 0 saturated carbocycles. The zero-order valence-corrected chi connectivity index (χ0v) is 32.2. The molecule has 1 aromatic rings. The SMILES string of the molecule is CC[C@H](C)C(C(CC(=O)N1CCC[C@H]1[C@H](O)[C@@H](C)C(=O)N[C@H](C)[C@@H](O)c1ccccc1)OC)N(C)C(=O)C(NC(=O)[C@@H](NC)C(C)C)C(C)C. The molecule has 284 valence electrons. The molecule has 0 radical (unpaired) electrons. The number of likely N-dealkylation sites (N-methyl/N-ethyl adjacent to an activating group) is 2. The van der Waals surface area contributed by atoms with Crippen LogP contribution in [0.25, 0.3) is 0 Å². The third-order valence-electron chi connectivity index (χ3n) is 10.5. The van der Waals surface area contributed by atoms with Crippen LogP contribution in [0.2, 0.25) is 0 Å². The van der Waals surface area contributed by atoms with Crippen molar-refractivity contribution >= 4 is 23.6 Å². The molecule has 12 nitrogen and oxygen atoms in total. The van der Waals surface area contributed by atoms with Crippen molar-refractivity contribution in [2.24, 2.45) is 23.7 Å². The van der Waals surface area contributed by atoms with Gasteiger partial charge >= 0.3 is 0 Å². The summed E-state index contributed by atoms with van der Waals surface area (Å²) in [5.41, 5.74) is 0.676. The Balaban J connectivity index is 2.20. The lowest BCUT2D eigenvalue weighted by Crippen LogP contribution is -2.59. The van der Waals surface area contributed by atoms with Gasteiger partial charge in [-0.1, -0.05) is 85.2 Å². The average Bonchev–Trinajstić information content (AvgIpc) is 3.59. The van der Waals surface area contributed by atoms with E-state index in [-0.39, 0.29) is 41.9 Å². The summed E-state index contributed by atoms with van der Waals surface area (Å²) in [5.74, 6) is -2.17. The maximum atomic E-state index is 14.1. The van der Waals surface area contributed by atoms with Crippen molar-refractivity contribution in [1.82, 2.24) is 25.8 Å². The Labute approximate surface area is 300 Å². The summed E-state index contributed by atoms with van der Waals surface area (Å²) < 4.78 is 5.94. The van der Waals surface area contributed by atoms with E-state index < -0.39 is 60.3 Å². The number of likely N-dealkylation sites (tertiary alicyclic amines) is 1. The van der Waals surface area contributed by atoms with Gasteiger partial charge in [0.1, 0.15) is 6.04 Å². The van der Waals surface area contributed by atoms with Crippen LogP contribution < -0.4 is 16.0 Å². The summed E-state index contributed by atoms with van der Waals surface area (Å²) >= 11 is 0. The van der Waals surface area contributed by atoms with Crippen molar-refractivity contribution in [2.75, 3.05) is 27.7 Å². The van der Waals surface area contributed by atoms with Crippen molar-refractivity contribution < 1.29 is 34.1 Å². The van der Waals surface area contributed by atoms with Crippen molar-refractivity contribution in [3.63, 3.8) is 0 Å². The molecule has 5 N–H and O–H groups in total. The first kappa shape index (κ1) is 43.1. The van der Waals surface area contributed by atoms with E-state index in [9.17, 15) is 29.4 Å². The smallest absolute Gasteiger partial charge is 0.245 e. The third kappa shape index (κ3) is 11.0. The number of benzene rings is 1. The summed E-state index contributed by atoms with van der Waals surface area (Å²) in [7, 11) is 4.95. The number of aliphatic hydroxyl groups is 2. The van der Waals surface area contributed by atoms with Crippen LogP contribution in [0, 0.1) is 23.7 Å². The summed E-state index contributed by atoms with van der Waals surface area (Å²) in [5, 5.41) is 31.0. The lowest BCUT2D eigenvalue weighted by molar-refractivity contribution is -0.147. The normalized spacial score (nSPS) is 20.3. The molecule has 0 aliphatic carbocycles. The Morgan fingerprint density at radius 3 is 2.06 bits per heavy atom. The fraction of sp³-hybridized carbons (Fsp3) is 0.737. The van der Waals surface area contributed by atoms with Crippen LogP contribution in [0.15, 0.2) is 30.3 Å². The maximum absolute atomic E-state index is 14.1. The van der Waals surface area contributed by atoms with Gasteiger partial charge in [0.05, 0.1) is 54.8 Å². The highest BCUT2D eigenvalue weighted by Crippen LogP contribution is 2.29. The number of amides is 4. The van der Waals surface area contributed by atoms with Crippen LogP contribution in [0.3, 0.4) is 0 Å². The Morgan fingerprint density at radius 1 is 0.940 bits per heavy atom. The fourth-order valence-corrected chi connectivity index (χ4v) is 7.08. The monoisotopic (exact) mass is 703 g/mol. The first-order valence-electron chi connectivity index (χ1n) is 18.3. The Kier molecular flexibility index (Phi) is 17.3. The molecular weight excluding hydrogens is 638 g/mol. The largest absolute Gasteiger partial charge is 0.390 e. The number of nitrogens with one attached hydrogen (secondary N) is 3. The van der Waals surface area contributed by atoms with E-state index in [0.29, 0.717) is 24.9 Å². The van der Waals surface area contributed by atoms with Crippen molar-refractivity contribution in [3.8, 4) is 0 Å². The number of ether oxygens (including phenoxy) is 1. The summed E-state index contributed by atoms with van der Waals surface area (Å²) in [6, 6.07) is 6.19. The highest BCUT2D eigenvalue weighted by Gasteiger charge is 2.42. The number of nitrogens with zero attached hydrogens (tertiary/aromatic N) is 2. The number of hydrogen-bond acceptors (Lipinski definition) is 8. The third-order valence-corrected chi connectivity index (χ3v) is 10.5. The first-order chi connectivity index (χ1) is 23.5. The van der Waals surface area contributed by atoms with Crippen LogP contribution in [0.5, 0.6) is 0 Å². The number of carbonyl (C=O) groups excluding carboxylic acids is 4. The number of rotatable bonds is 19. The standard InChI is InChI=1S/C38H65N5O7/c1-12-24(6)33(42(10)38(49)32(23(4)5)41-37(48)31(39-9)22(2)3)29(50-11)21-30(44)43-20-16-19-28(43)34(45)25(7)36(47)40-26(8)35(46)27-17-14-13-15-18-27/h13-15,17-18,22-26,28-29,31-35,39,45-46H,12,16,19-21H2,1-11H3,(H,40,47)(H,41,48)/t24-,25+,26+,28-,29?,31-,32?,33?,34+,35+/m0/s1. The molecule has 1 aromatic carbocycles. The molecule has 10 atom stereocenters. The quantitative estimate of drug-likeness (QED) is 0.147. The fourth-order valence-electron chi connectivity index (χ4n) is 7.08. The summed E-state index contributed by atoms with van der Waals surface area (Å²) in [6.45, 7) is 15.5. The van der Waals surface area contributed by atoms with Gasteiger partial charge < -0.3 is 40.7 Å². The Morgan fingerprint density at radius 2 is 1.54 bits per heavy atom. The second kappa shape index (κ2) is 20.1. The zero-order chi connectivity index (χ0) is 37.9. The van der Waals surface area contributed by atoms with Crippen molar-refractivity contribution in [3.05, 3.63) is 35.9 Å². The molecule has 0 bridgehead atoms. The molecule has 3 unspecified atom stereocenters. The molecule has 1 fully saturated rings. The average molecular weight is 704 g/mol. The van der Waals surface area contributed by atoms with E-state index in [4.69, 9.17) is 4.74 Å². The lowest BCUT2D eigenvalue weighted by atomic mass is 9.89. The minimum Gasteiger partial charge on any atom is -0.390 e. The Bertz CT molecular complexity index is 1230. The van der Waals surface area contributed by atoms with Crippen LogP contribution >= 0.6 is 0 Å². The number of carbonyl (C=O) groups is 4. The highest BCUT2D eigenvalue weighted by atomic mass is 16.5. The first-order valence-corrected chi connectivity index (χ1v) is 18.3. The molecule has 12 heteroatoms. The van der Waals surface area contributed by atoms with Crippen LogP contribution in [0.1, 0.15) is 92.7 Å². The lowest BCUT2D eigenvalue weighted by Gasteiger charge is -2.40. The van der Waals surface area contributed by atoms with Crippen molar-refractivity contribution in [1.29, 1.82) is 0 Å². The number of methoxy groups -OCH3 is 1. The molecular formula is C38H65N5O7. The van der Waals surface area contributed by atoms with Gasteiger partial charge in [-0.2, -0.15) is 0 Å².